The number of alkyl halides is 3. The van der Waals surface area contributed by atoms with Crippen LogP contribution in [0.25, 0.3) is 21.3 Å². The molecule has 52 heavy (non-hydrogen) atoms. The smallest absolute Gasteiger partial charge is 0.491 e. The van der Waals surface area contributed by atoms with E-state index in [1.54, 1.807) is 35.1 Å². The zero-order valence-electron chi connectivity index (χ0n) is 28.7. The van der Waals surface area contributed by atoms with Gasteiger partial charge in [0, 0.05) is 57.3 Å². The Kier molecular flexibility index (Phi) is 9.68. The molecule has 278 valence electrons. The van der Waals surface area contributed by atoms with Crippen LogP contribution in [0.4, 0.5) is 13.2 Å². The molecule has 1 atom stereocenters. The van der Waals surface area contributed by atoms with Crippen molar-refractivity contribution in [1.82, 2.24) is 24.2 Å². The molecule has 4 heterocycles. The number of nitrogens with zero attached hydrogens (tertiary/aromatic N) is 4. The third-order valence-electron chi connectivity index (χ3n) is 10.1. The van der Waals surface area contributed by atoms with Crippen molar-refractivity contribution >= 4 is 49.1 Å². The summed E-state index contributed by atoms with van der Waals surface area (Å²) in [5.41, 5.74) is 3.63. The first-order chi connectivity index (χ1) is 24.5. The average Bonchev–Trinajstić information content (AvgIpc) is 3.69. The van der Waals surface area contributed by atoms with Gasteiger partial charge >= 0.3 is 6.36 Å². The SMILES string of the molecule is Cc1cc(-c2cc(Cl)ccc2OCCn2c(C)nc3c(c2=O)CC(N2CCC(OC(F)(F)F)CC2)CC32CC2)c2scc(C(=O)NS(C)(=O)=O)c2n1. The molecule has 3 aromatic heterocycles. The molecule has 0 radical (unpaired) electrons. The molecule has 4 aromatic rings. The molecular weight excluding hydrogens is 743 g/mol. The highest BCUT2D eigenvalue weighted by Crippen LogP contribution is 2.55. The average molecular weight is 780 g/mol. The Morgan fingerprint density at radius 2 is 1.87 bits per heavy atom. The van der Waals surface area contributed by atoms with Crippen LogP contribution in [-0.2, 0) is 33.1 Å². The van der Waals surface area contributed by atoms with E-state index in [0.717, 1.165) is 31.2 Å². The van der Waals surface area contributed by atoms with Crippen molar-refractivity contribution in [3.05, 3.63) is 73.4 Å². The molecule has 1 N–H and O–H groups in total. The summed E-state index contributed by atoms with van der Waals surface area (Å²) >= 11 is 7.69. The number of rotatable bonds is 9. The number of ether oxygens (including phenoxy) is 2. The van der Waals surface area contributed by atoms with Crippen molar-refractivity contribution in [2.45, 2.75) is 82.8 Å². The molecule has 0 bridgehead atoms. The molecule has 17 heteroatoms. The maximum atomic E-state index is 14.1. The van der Waals surface area contributed by atoms with E-state index in [1.807, 2.05) is 17.7 Å². The van der Waals surface area contributed by atoms with Gasteiger partial charge in [-0.1, -0.05) is 11.6 Å². The standard InChI is InChI=1S/C35H37ClF3N5O6S2/c1-19-14-25(30-29(40-19)27(18-51-30)32(45)42-52(3,47)48)24-15-21(36)4-5-28(24)49-13-12-44-20(2)41-31-26(33(44)46)16-22(17-34(31)8-9-34)43-10-6-23(7-11-43)50-35(37,38)39/h4-5,14-15,18,22-23H,6-13,16-17H2,1-3H3,(H,42,45). The molecule has 1 aliphatic heterocycles. The fourth-order valence-electron chi connectivity index (χ4n) is 7.65. The minimum absolute atomic E-state index is 0.0382. The first-order valence-electron chi connectivity index (χ1n) is 16.9. The molecule has 3 aliphatic rings. The van der Waals surface area contributed by atoms with Gasteiger partial charge in [0.05, 0.1) is 40.4 Å². The van der Waals surface area contributed by atoms with E-state index in [-0.39, 0.29) is 48.6 Å². The van der Waals surface area contributed by atoms with Crippen LogP contribution < -0.4 is 15.0 Å². The van der Waals surface area contributed by atoms with E-state index in [9.17, 15) is 31.2 Å². The second kappa shape index (κ2) is 13.7. The Morgan fingerprint density at radius 1 is 1.13 bits per heavy atom. The normalized spacial score (nSPS) is 19.2. The lowest BCUT2D eigenvalue weighted by molar-refractivity contribution is -0.346. The number of thiophene rings is 1. The second-order valence-electron chi connectivity index (χ2n) is 13.9. The van der Waals surface area contributed by atoms with E-state index >= 15 is 0 Å². The number of piperidine rings is 1. The van der Waals surface area contributed by atoms with Gasteiger partial charge in [-0.2, -0.15) is 0 Å². The highest BCUT2D eigenvalue weighted by atomic mass is 35.5. The van der Waals surface area contributed by atoms with Crippen molar-refractivity contribution in [3.8, 4) is 16.9 Å². The number of carbonyl (C=O) groups excluding carboxylic acids is 1. The van der Waals surface area contributed by atoms with Gasteiger partial charge in [-0.05, 0) is 76.6 Å². The molecule has 2 aliphatic carbocycles. The lowest BCUT2D eigenvalue weighted by Crippen LogP contribution is -2.50. The third kappa shape index (κ3) is 7.58. The lowest BCUT2D eigenvalue weighted by Gasteiger charge is -2.41. The largest absolute Gasteiger partial charge is 0.522 e. The number of sulfonamides is 1. The predicted octanol–water partition coefficient (Wildman–Crippen LogP) is 5.91. The molecule has 1 saturated carbocycles. The zero-order chi connectivity index (χ0) is 37.2. The minimum Gasteiger partial charge on any atom is -0.491 e. The summed E-state index contributed by atoms with van der Waals surface area (Å²) < 4.78 is 76.7. The number of aromatic nitrogens is 3. The van der Waals surface area contributed by atoms with Crippen LogP contribution in [0.3, 0.4) is 0 Å². The first kappa shape index (κ1) is 36.8. The molecule has 2 fully saturated rings. The van der Waals surface area contributed by atoms with E-state index in [2.05, 4.69) is 14.6 Å². The number of nitrogens with one attached hydrogen (secondary N) is 1. The molecule has 1 spiro atoms. The second-order valence-corrected chi connectivity index (χ2v) is 17.0. The van der Waals surface area contributed by atoms with Gasteiger partial charge in [-0.25, -0.2) is 18.1 Å². The molecular formula is C35H37ClF3N5O6S2. The number of hydrogen-bond donors (Lipinski definition) is 1. The fourth-order valence-corrected chi connectivity index (χ4v) is 9.28. The number of benzene rings is 1. The minimum atomic E-state index is -4.65. The lowest BCUT2D eigenvalue weighted by atomic mass is 9.80. The maximum Gasteiger partial charge on any atom is 0.522 e. The van der Waals surface area contributed by atoms with Crippen LogP contribution in [-0.4, -0.2) is 78.2 Å². The Morgan fingerprint density at radius 3 is 2.54 bits per heavy atom. The van der Waals surface area contributed by atoms with Crippen molar-refractivity contribution in [3.63, 3.8) is 0 Å². The molecule has 1 amide bonds. The van der Waals surface area contributed by atoms with Crippen LogP contribution in [0.2, 0.25) is 5.02 Å². The third-order valence-corrected chi connectivity index (χ3v) is 11.9. The first-order valence-corrected chi connectivity index (χ1v) is 20.1. The summed E-state index contributed by atoms with van der Waals surface area (Å²) in [5.74, 6) is 0.292. The Balaban J connectivity index is 1.11. The topological polar surface area (TPSA) is 133 Å². The number of likely N-dealkylation sites (tertiary alicyclic amines) is 1. The number of aryl methyl sites for hydroxylation is 2. The highest BCUT2D eigenvalue weighted by Gasteiger charge is 2.53. The molecule has 7 rings (SSSR count). The van der Waals surface area contributed by atoms with Gasteiger partial charge in [0.25, 0.3) is 11.5 Å². The van der Waals surface area contributed by atoms with Crippen LogP contribution in [0.5, 0.6) is 5.75 Å². The van der Waals surface area contributed by atoms with Crippen molar-refractivity contribution < 1.29 is 35.9 Å². The van der Waals surface area contributed by atoms with E-state index in [0.29, 0.717) is 68.7 Å². The Labute approximate surface area is 307 Å². The van der Waals surface area contributed by atoms with Crippen molar-refractivity contribution in [2.75, 3.05) is 26.0 Å². The molecule has 1 unspecified atom stereocenters. The number of carbonyl (C=O) groups is 1. The van der Waals surface area contributed by atoms with Gasteiger partial charge in [0.1, 0.15) is 18.2 Å². The number of hydrogen-bond acceptors (Lipinski definition) is 10. The quantitative estimate of drug-likeness (QED) is 0.220. The van der Waals surface area contributed by atoms with Crippen LogP contribution in [0, 0.1) is 13.8 Å². The number of amides is 1. The summed E-state index contributed by atoms with van der Waals surface area (Å²) in [5, 5.41) is 2.01. The number of halogens is 4. The van der Waals surface area contributed by atoms with Crippen LogP contribution in [0.15, 0.2) is 34.4 Å². The highest BCUT2D eigenvalue weighted by molar-refractivity contribution is 7.89. The summed E-state index contributed by atoms with van der Waals surface area (Å²) in [6, 6.07) is 7.04. The monoisotopic (exact) mass is 779 g/mol. The van der Waals surface area contributed by atoms with Crippen LogP contribution >= 0.6 is 22.9 Å². The van der Waals surface area contributed by atoms with Crippen LogP contribution in [0.1, 0.15) is 65.2 Å². The van der Waals surface area contributed by atoms with Gasteiger partial charge < -0.3 is 4.74 Å². The van der Waals surface area contributed by atoms with Gasteiger partial charge in [0.2, 0.25) is 10.0 Å². The molecule has 11 nitrogen and oxygen atoms in total. The van der Waals surface area contributed by atoms with Gasteiger partial charge in [0.15, 0.2) is 0 Å². The summed E-state index contributed by atoms with van der Waals surface area (Å²) in [6.45, 7) is 4.87. The van der Waals surface area contributed by atoms with E-state index in [1.165, 1.54) is 11.3 Å². The summed E-state index contributed by atoms with van der Waals surface area (Å²) in [7, 11) is -3.79. The summed E-state index contributed by atoms with van der Waals surface area (Å²) in [4.78, 5) is 38.6. The number of pyridine rings is 1. The summed E-state index contributed by atoms with van der Waals surface area (Å²) in [6.07, 6.45) is -0.852. The predicted molar refractivity (Wildman–Crippen MR) is 191 cm³/mol. The Hall–Kier alpha value is -3.57. The van der Waals surface area contributed by atoms with E-state index < -0.39 is 28.4 Å². The van der Waals surface area contributed by atoms with Gasteiger partial charge in [-0.15, -0.1) is 24.5 Å². The molecule has 1 saturated heterocycles. The number of fused-ring (bicyclic) bond motifs is 3. The Bertz CT molecular complexity index is 2230. The van der Waals surface area contributed by atoms with E-state index in [4.69, 9.17) is 21.3 Å². The van der Waals surface area contributed by atoms with Crippen molar-refractivity contribution in [1.29, 1.82) is 0 Å². The maximum absolute atomic E-state index is 14.1. The molecule has 1 aromatic carbocycles. The fraction of sp³-hybridized carbons (Fsp3) is 0.486. The van der Waals surface area contributed by atoms with Crippen molar-refractivity contribution in [2.24, 2.45) is 0 Å². The zero-order valence-corrected chi connectivity index (χ0v) is 31.1. The van der Waals surface area contributed by atoms with Gasteiger partial charge in [-0.3, -0.25) is 28.8 Å².